The van der Waals surface area contributed by atoms with E-state index >= 15 is 0 Å². The summed E-state index contributed by atoms with van der Waals surface area (Å²) < 4.78 is 5.06. The molecule has 1 N–H and O–H groups in total. The summed E-state index contributed by atoms with van der Waals surface area (Å²) in [6, 6.07) is 15.2. The van der Waals surface area contributed by atoms with Gasteiger partial charge in [0.05, 0.1) is 12.0 Å². The number of nitrogens with one attached hydrogen (secondary N) is 1. The van der Waals surface area contributed by atoms with E-state index in [-0.39, 0.29) is 30.4 Å². The van der Waals surface area contributed by atoms with Crippen LogP contribution in [0.15, 0.2) is 48.5 Å². The maximum absolute atomic E-state index is 12.8. The van der Waals surface area contributed by atoms with Gasteiger partial charge in [0.2, 0.25) is 11.8 Å². The Bertz CT molecular complexity index is 855. The van der Waals surface area contributed by atoms with Gasteiger partial charge in [0, 0.05) is 24.4 Å². The van der Waals surface area contributed by atoms with Crippen LogP contribution in [0.1, 0.15) is 30.0 Å². The van der Waals surface area contributed by atoms with Crippen molar-refractivity contribution < 1.29 is 14.3 Å². The lowest BCUT2D eigenvalue weighted by Crippen LogP contribution is -2.46. The summed E-state index contributed by atoms with van der Waals surface area (Å²) in [7, 11) is 1.51. The molecule has 5 nitrogen and oxygen atoms in total. The molecular formula is C22H25ClN2O3. The Hall–Kier alpha value is -2.37. The van der Waals surface area contributed by atoms with Crippen LogP contribution in [0, 0.1) is 12.8 Å². The summed E-state index contributed by atoms with van der Waals surface area (Å²) in [6.45, 7) is 2.41. The van der Waals surface area contributed by atoms with E-state index in [1.54, 1.807) is 29.2 Å². The summed E-state index contributed by atoms with van der Waals surface area (Å²) in [5, 5.41) is 3.48. The number of carbonyl (C=O) groups is 2. The number of hydrogen-bond acceptors (Lipinski definition) is 3. The van der Waals surface area contributed by atoms with E-state index in [2.05, 4.69) is 11.4 Å². The van der Waals surface area contributed by atoms with Crippen molar-refractivity contribution in [2.24, 2.45) is 5.92 Å². The van der Waals surface area contributed by atoms with Gasteiger partial charge in [0.1, 0.15) is 6.61 Å². The fourth-order valence-corrected chi connectivity index (χ4v) is 3.89. The van der Waals surface area contributed by atoms with Crippen LogP contribution < -0.4 is 5.32 Å². The summed E-state index contributed by atoms with van der Waals surface area (Å²) >= 11 is 6.00. The van der Waals surface area contributed by atoms with E-state index in [9.17, 15) is 9.59 Å². The number of anilines is 1. The maximum Gasteiger partial charge on any atom is 0.249 e. The van der Waals surface area contributed by atoms with Gasteiger partial charge in [-0.25, -0.2) is 0 Å². The van der Waals surface area contributed by atoms with Crippen LogP contribution >= 0.6 is 11.6 Å². The molecule has 2 unspecified atom stereocenters. The van der Waals surface area contributed by atoms with Gasteiger partial charge in [-0.05, 0) is 43.5 Å². The molecule has 0 radical (unpaired) electrons. The molecule has 2 amide bonds. The zero-order valence-electron chi connectivity index (χ0n) is 16.2. The molecule has 2 aromatic rings. The fraction of sp³-hybridized carbons (Fsp3) is 0.364. The van der Waals surface area contributed by atoms with Gasteiger partial charge in [-0.3, -0.25) is 9.59 Å². The van der Waals surface area contributed by atoms with Gasteiger partial charge in [-0.2, -0.15) is 0 Å². The molecule has 3 rings (SSSR count). The second-order valence-electron chi connectivity index (χ2n) is 7.18. The lowest BCUT2D eigenvalue weighted by molar-refractivity contribution is -0.141. The third-order valence-electron chi connectivity index (χ3n) is 5.06. The highest BCUT2D eigenvalue weighted by molar-refractivity contribution is 6.30. The van der Waals surface area contributed by atoms with Crippen molar-refractivity contribution in [3.63, 3.8) is 0 Å². The summed E-state index contributed by atoms with van der Waals surface area (Å²) in [5.74, 6) is -0.477. The molecule has 2 atom stereocenters. The minimum absolute atomic E-state index is 0.00491. The number of likely N-dealkylation sites (tertiary alicyclic amines) is 1. The molecule has 28 heavy (non-hydrogen) atoms. The number of halogens is 1. The van der Waals surface area contributed by atoms with Crippen molar-refractivity contribution in [3.05, 3.63) is 64.7 Å². The predicted octanol–water partition coefficient (Wildman–Crippen LogP) is 4.21. The fourth-order valence-electron chi connectivity index (χ4n) is 3.70. The normalized spacial score (nSPS) is 19.3. The SMILES string of the molecule is COCC(=O)N1CC(C(=O)Nc2cccc(Cl)c2)CCC1c1cccc(C)c1. The molecule has 1 aliphatic rings. The quantitative estimate of drug-likeness (QED) is 0.817. The van der Waals surface area contributed by atoms with Crippen molar-refractivity contribution in [2.45, 2.75) is 25.8 Å². The van der Waals surface area contributed by atoms with E-state index in [4.69, 9.17) is 16.3 Å². The smallest absolute Gasteiger partial charge is 0.249 e. The molecule has 0 aromatic heterocycles. The zero-order chi connectivity index (χ0) is 20.1. The molecule has 1 saturated heterocycles. The number of ether oxygens (including phenoxy) is 1. The number of benzene rings is 2. The maximum atomic E-state index is 12.8. The number of nitrogens with zero attached hydrogens (tertiary/aromatic N) is 1. The van der Waals surface area contributed by atoms with Gasteiger partial charge >= 0.3 is 0 Å². The van der Waals surface area contributed by atoms with Crippen molar-refractivity contribution >= 4 is 29.1 Å². The van der Waals surface area contributed by atoms with Gasteiger partial charge in [0.15, 0.2) is 0 Å². The Morgan fingerprint density at radius 3 is 2.68 bits per heavy atom. The summed E-state index contributed by atoms with van der Waals surface area (Å²) in [4.78, 5) is 27.3. The number of aryl methyl sites for hydroxylation is 1. The number of hydrogen-bond donors (Lipinski definition) is 1. The Kier molecular flexibility index (Phi) is 6.70. The third kappa shape index (κ3) is 4.91. The third-order valence-corrected chi connectivity index (χ3v) is 5.29. The zero-order valence-corrected chi connectivity index (χ0v) is 16.9. The Labute approximate surface area is 170 Å². The molecule has 6 heteroatoms. The molecule has 0 bridgehead atoms. The van der Waals surface area contributed by atoms with Gasteiger partial charge in [-0.1, -0.05) is 47.5 Å². The minimum atomic E-state index is -0.277. The minimum Gasteiger partial charge on any atom is -0.375 e. The average molecular weight is 401 g/mol. The first-order valence-electron chi connectivity index (χ1n) is 9.39. The van der Waals surface area contributed by atoms with Gasteiger partial charge < -0.3 is 15.0 Å². The predicted molar refractivity (Wildman–Crippen MR) is 110 cm³/mol. The van der Waals surface area contributed by atoms with E-state index in [1.807, 2.05) is 25.1 Å². The molecular weight excluding hydrogens is 376 g/mol. The summed E-state index contributed by atoms with van der Waals surface area (Å²) in [6.07, 6.45) is 1.44. The first kappa shape index (κ1) is 20.4. The molecule has 0 aliphatic carbocycles. The van der Waals surface area contributed by atoms with E-state index in [0.29, 0.717) is 23.7 Å². The second kappa shape index (κ2) is 9.22. The molecule has 148 valence electrons. The van der Waals surface area contributed by atoms with Crippen molar-refractivity contribution in [1.29, 1.82) is 0 Å². The Morgan fingerprint density at radius 2 is 1.96 bits per heavy atom. The number of methoxy groups -OCH3 is 1. The largest absolute Gasteiger partial charge is 0.375 e. The Morgan fingerprint density at radius 1 is 1.18 bits per heavy atom. The standard InChI is InChI=1S/C22H25ClN2O3/c1-15-5-3-6-16(11-15)20-10-9-17(13-25(20)21(26)14-28-2)22(27)24-19-8-4-7-18(23)12-19/h3-8,11-12,17,20H,9-10,13-14H2,1-2H3,(H,24,27). The highest BCUT2D eigenvalue weighted by Gasteiger charge is 2.35. The van der Waals surface area contributed by atoms with Crippen LogP contribution in [-0.2, 0) is 14.3 Å². The van der Waals surface area contributed by atoms with Crippen molar-refractivity contribution in [1.82, 2.24) is 4.90 Å². The van der Waals surface area contributed by atoms with Crippen LogP contribution in [0.2, 0.25) is 5.02 Å². The van der Waals surface area contributed by atoms with E-state index in [1.165, 1.54) is 7.11 Å². The van der Waals surface area contributed by atoms with Crippen LogP contribution in [0.3, 0.4) is 0 Å². The Balaban J connectivity index is 1.76. The van der Waals surface area contributed by atoms with Crippen LogP contribution in [0.4, 0.5) is 5.69 Å². The number of piperidine rings is 1. The molecule has 1 aliphatic heterocycles. The number of amides is 2. The molecule has 2 aromatic carbocycles. The molecule has 0 saturated carbocycles. The lowest BCUT2D eigenvalue weighted by Gasteiger charge is -2.39. The number of rotatable bonds is 5. The molecule has 1 heterocycles. The van der Waals surface area contributed by atoms with Gasteiger partial charge in [0.25, 0.3) is 0 Å². The van der Waals surface area contributed by atoms with Crippen LogP contribution in [-0.4, -0.2) is 37.0 Å². The molecule has 0 spiro atoms. The second-order valence-corrected chi connectivity index (χ2v) is 7.62. The van der Waals surface area contributed by atoms with E-state index < -0.39 is 0 Å². The highest BCUT2D eigenvalue weighted by atomic mass is 35.5. The first-order chi connectivity index (χ1) is 13.5. The van der Waals surface area contributed by atoms with E-state index in [0.717, 1.165) is 17.5 Å². The number of carbonyl (C=O) groups excluding carboxylic acids is 2. The van der Waals surface area contributed by atoms with Crippen molar-refractivity contribution in [2.75, 3.05) is 25.6 Å². The monoisotopic (exact) mass is 400 g/mol. The average Bonchev–Trinajstić information content (AvgIpc) is 2.67. The topological polar surface area (TPSA) is 58.6 Å². The molecule has 1 fully saturated rings. The van der Waals surface area contributed by atoms with Crippen molar-refractivity contribution in [3.8, 4) is 0 Å². The first-order valence-corrected chi connectivity index (χ1v) is 9.77. The highest BCUT2D eigenvalue weighted by Crippen LogP contribution is 2.34. The van der Waals surface area contributed by atoms with Crippen LogP contribution in [0.25, 0.3) is 0 Å². The van der Waals surface area contributed by atoms with Crippen LogP contribution in [0.5, 0.6) is 0 Å². The van der Waals surface area contributed by atoms with Gasteiger partial charge in [-0.15, -0.1) is 0 Å². The lowest BCUT2D eigenvalue weighted by atomic mass is 9.88. The summed E-state index contributed by atoms with van der Waals surface area (Å²) in [5.41, 5.74) is 2.91.